The summed E-state index contributed by atoms with van der Waals surface area (Å²) in [7, 11) is 0. The molecule has 0 radical (unpaired) electrons. The maximum atomic E-state index is 11.7. The van der Waals surface area contributed by atoms with Gasteiger partial charge in [0.15, 0.2) is 12.0 Å². The highest BCUT2D eigenvalue weighted by atomic mass is 16.5. The standard InChI is InChI=1S/C14H13NO3/c1-10-7-12(8-16)15-14(17)13(10)18-9-11-5-3-2-4-6-11/h2-8H,9H2,1H3,(H,15,17). The first kappa shape index (κ1) is 12.1. The average Bonchev–Trinajstić information content (AvgIpc) is 2.38. The van der Waals surface area contributed by atoms with Crippen LogP contribution in [-0.4, -0.2) is 11.3 Å². The number of ether oxygens (including phenoxy) is 1. The van der Waals surface area contributed by atoms with Gasteiger partial charge in [-0.2, -0.15) is 0 Å². The minimum atomic E-state index is -0.381. The second kappa shape index (κ2) is 5.31. The second-order valence-corrected chi connectivity index (χ2v) is 3.96. The van der Waals surface area contributed by atoms with E-state index in [-0.39, 0.29) is 17.0 Å². The monoisotopic (exact) mass is 243 g/mol. The van der Waals surface area contributed by atoms with Gasteiger partial charge in [-0.15, -0.1) is 0 Å². The third kappa shape index (κ3) is 2.66. The van der Waals surface area contributed by atoms with Crippen LogP contribution in [0.3, 0.4) is 0 Å². The van der Waals surface area contributed by atoms with Gasteiger partial charge in [0.25, 0.3) is 5.56 Å². The topological polar surface area (TPSA) is 59.2 Å². The Morgan fingerprint density at radius 3 is 2.61 bits per heavy atom. The number of aromatic amines is 1. The first-order chi connectivity index (χ1) is 8.70. The van der Waals surface area contributed by atoms with Crippen LogP contribution in [0.1, 0.15) is 21.6 Å². The molecule has 2 rings (SSSR count). The van der Waals surface area contributed by atoms with Crippen LogP contribution < -0.4 is 10.3 Å². The first-order valence-electron chi connectivity index (χ1n) is 5.56. The second-order valence-electron chi connectivity index (χ2n) is 3.96. The maximum absolute atomic E-state index is 11.7. The molecule has 0 fully saturated rings. The van der Waals surface area contributed by atoms with Gasteiger partial charge in [0.1, 0.15) is 6.61 Å². The lowest BCUT2D eigenvalue weighted by Gasteiger charge is -2.08. The smallest absolute Gasteiger partial charge is 0.291 e. The van der Waals surface area contributed by atoms with Crippen molar-refractivity contribution >= 4 is 6.29 Å². The number of H-pyrrole nitrogens is 1. The normalized spacial score (nSPS) is 10.1. The Hall–Kier alpha value is -2.36. The van der Waals surface area contributed by atoms with E-state index in [1.165, 1.54) is 0 Å². The number of hydrogen-bond acceptors (Lipinski definition) is 3. The van der Waals surface area contributed by atoms with Gasteiger partial charge in [-0.1, -0.05) is 30.3 Å². The Balaban J connectivity index is 2.20. The van der Waals surface area contributed by atoms with Gasteiger partial charge >= 0.3 is 0 Å². The number of nitrogens with one attached hydrogen (secondary N) is 1. The highest BCUT2D eigenvalue weighted by Crippen LogP contribution is 2.13. The van der Waals surface area contributed by atoms with Gasteiger partial charge in [0.2, 0.25) is 0 Å². The van der Waals surface area contributed by atoms with E-state index in [4.69, 9.17) is 4.74 Å². The molecular weight excluding hydrogens is 230 g/mol. The van der Waals surface area contributed by atoms with Crippen molar-refractivity contribution in [3.8, 4) is 5.75 Å². The lowest BCUT2D eigenvalue weighted by atomic mass is 10.2. The Bertz CT molecular complexity index is 602. The predicted octanol–water partition coefficient (Wildman–Crippen LogP) is 2.07. The largest absolute Gasteiger partial charge is 0.483 e. The molecule has 1 aromatic heterocycles. The van der Waals surface area contributed by atoms with Crippen LogP contribution in [0.4, 0.5) is 0 Å². The molecule has 1 aromatic carbocycles. The van der Waals surface area contributed by atoms with E-state index in [9.17, 15) is 9.59 Å². The van der Waals surface area contributed by atoms with E-state index in [0.717, 1.165) is 5.56 Å². The van der Waals surface area contributed by atoms with Crippen molar-refractivity contribution in [2.24, 2.45) is 0 Å². The van der Waals surface area contributed by atoms with Crippen LogP contribution in [0.15, 0.2) is 41.2 Å². The highest BCUT2D eigenvalue weighted by molar-refractivity contribution is 5.72. The molecule has 0 unspecified atom stereocenters. The van der Waals surface area contributed by atoms with Crippen molar-refractivity contribution in [1.82, 2.24) is 4.98 Å². The van der Waals surface area contributed by atoms with Crippen LogP contribution in [-0.2, 0) is 6.61 Å². The Morgan fingerprint density at radius 1 is 1.28 bits per heavy atom. The van der Waals surface area contributed by atoms with Crippen LogP contribution in [0.5, 0.6) is 5.75 Å². The number of hydrogen-bond donors (Lipinski definition) is 1. The molecule has 2 aromatic rings. The summed E-state index contributed by atoms with van der Waals surface area (Å²) < 4.78 is 5.49. The van der Waals surface area contributed by atoms with Gasteiger partial charge < -0.3 is 9.72 Å². The Morgan fingerprint density at radius 2 is 2.00 bits per heavy atom. The lowest BCUT2D eigenvalue weighted by molar-refractivity contribution is 0.111. The van der Waals surface area contributed by atoms with Crippen LogP contribution >= 0.6 is 0 Å². The fraction of sp³-hybridized carbons (Fsp3) is 0.143. The highest BCUT2D eigenvalue weighted by Gasteiger charge is 2.07. The van der Waals surface area contributed by atoms with Gasteiger partial charge in [0, 0.05) is 0 Å². The molecular formula is C14H13NO3. The van der Waals surface area contributed by atoms with E-state index in [2.05, 4.69) is 4.98 Å². The molecule has 4 heteroatoms. The van der Waals surface area contributed by atoms with Crippen molar-refractivity contribution < 1.29 is 9.53 Å². The fourth-order valence-electron chi connectivity index (χ4n) is 1.67. The number of aryl methyl sites for hydroxylation is 1. The molecule has 0 aliphatic carbocycles. The minimum absolute atomic E-state index is 0.254. The predicted molar refractivity (Wildman–Crippen MR) is 68.0 cm³/mol. The summed E-state index contributed by atoms with van der Waals surface area (Å²) in [5, 5.41) is 0. The number of aldehydes is 1. The van der Waals surface area contributed by atoms with Crippen LogP contribution in [0.2, 0.25) is 0 Å². The van der Waals surface area contributed by atoms with Gasteiger partial charge in [-0.3, -0.25) is 9.59 Å². The molecule has 0 aliphatic heterocycles. The molecule has 92 valence electrons. The number of pyridine rings is 1. The summed E-state index contributed by atoms with van der Waals surface area (Å²) in [5.41, 5.74) is 1.50. The molecule has 4 nitrogen and oxygen atoms in total. The van der Waals surface area contributed by atoms with Crippen molar-refractivity contribution in [1.29, 1.82) is 0 Å². The van der Waals surface area contributed by atoms with Gasteiger partial charge in [-0.25, -0.2) is 0 Å². The number of rotatable bonds is 4. The molecule has 0 bridgehead atoms. The van der Waals surface area contributed by atoms with Gasteiger partial charge in [0.05, 0.1) is 5.69 Å². The van der Waals surface area contributed by atoms with E-state index in [0.29, 0.717) is 18.5 Å². The minimum Gasteiger partial charge on any atom is -0.483 e. The van der Waals surface area contributed by atoms with Crippen molar-refractivity contribution in [2.75, 3.05) is 0 Å². The van der Waals surface area contributed by atoms with Crippen LogP contribution in [0.25, 0.3) is 0 Å². The molecule has 0 amide bonds. The first-order valence-corrected chi connectivity index (χ1v) is 5.56. The maximum Gasteiger partial charge on any atom is 0.291 e. The number of carbonyl (C=O) groups is 1. The van der Waals surface area contributed by atoms with E-state index in [1.807, 2.05) is 30.3 Å². The molecule has 0 aliphatic rings. The fourth-order valence-corrected chi connectivity index (χ4v) is 1.67. The number of aromatic nitrogens is 1. The molecule has 0 saturated carbocycles. The summed E-state index contributed by atoms with van der Waals surface area (Å²) in [6.45, 7) is 2.06. The van der Waals surface area contributed by atoms with E-state index in [1.54, 1.807) is 13.0 Å². The van der Waals surface area contributed by atoms with Crippen LogP contribution in [0, 0.1) is 6.92 Å². The molecule has 0 spiro atoms. The summed E-state index contributed by atoms with van der Waals surface area (Å²) in [4.78, 5) is 24.7. The Kier molecular flexibility index (Phi) is 3.57. The molecule has 0 saturated heterocycles. The molecule has 0 atom stereocenters. The van der Waals surface area contributed by atoms with E-state index >= 15 is 0 Å². The van der Waals surface area contributed by atoms with Crippen molar-refractivity contribution in [2.45, 2.75) is 13.5 Å². The quantitative estimate of drug-likeness (QED) is 0.836. The third-order valence-corrected chi connectivity index (χ3v) is 2.55. The SMILES string of the molecule is Cc1cc(C=O)[nH]c(=O)c1OCc1ccccc1. The summed E-state index contributed by atoms with van der Waals surface area (Å²) in [6.07, 6.45) is 0.607. The molecule has 1 N–H and O–H groups in total. The number of benzene rings is 1. The van der Waals surface area contributed by atoms with Gasteiger partial charge in [-0.05, 0) is 24.1 Å². The summed E-state index contributed by atoms with van der Waals surface area (Å²) >= 11 is 0. The zero-order valence-corrected chi connectivity index (χ0v) is 9.97. The Labute approximate surface area is 104 Å². The summed E-state index contributed by atoms with van der Waals surface area (Å²) in [6, 6.07) is 11.2. The third-order valence-electron chi connectivity index (χ3n) is 2.55. The van der Waals surface area contributed by atoms with E-state index < -0.39 is 0 Å². The summed E-state index contributed by atoms with van der Waals surface area (Å²) in [5.74, 6) is 0.254. The number of carbonyl (C=O) groups excluding carboxylic acids is 1. The average molecular weight is 243 g/mol. The zero-order valence-electron chi connectivity index (χ0n) is 9.97. The lowest BCUT2D eigenvalue weighted by Crippen LogP contribution is -2.14. The molecule has 1 heterocycles. The molecule has 18 heavy (non-hydrogen) atoms. The van der Waals surface area contributed by atoms with Crippen molar-refractivity contribution in [3.63, 3.8) is 0 Å². The van der Waals surface area contributed by atoms with Crippen molar-refractivity contribution in [3.05, 3.63) is 63.6 Å². The zero-order chi connectivity index (χ0) is 13.0.